The quantitative estimate of drug-likeness (QED) is 0.437. The lowest BCUT2D eigenvalue weighted by Crippen LogP contribution is -1.90. The highest BCUT2D eigenvalue weighted by atomic mass is 16.5. The summed E-state index contributed by atoms with van der Waals surface area (Å²) in [7, 11) is 0. The number of hydrogen-bond acceptors (Lipinski definition) is 1. The molecule has 0 aliphatic heterocycles. The van der Waals surface area contributed by atoms with Crippen molar-refractivity contribution in [1.82, 2.24) is 0 Å². The topological polar surface area (TPSA) is 9.23 Å². The maximum atomic E-state index is 5.16. The molecule has 0 spiro atoms. The fraction of sp³-hybridized carbons (Fsp3) is 0.818. The van der Waals surface area contributed by atoms with E-state index >= 15 is 0 Å². The van der Waals surface area contributed by atoms with Crippen molar-refractivity contribution in [2.24, 2.45) is 0 Å². The van der Waals surface area contributed by atoms with Crippen LogP contribution in [0.3, 0.4) is 0 Å². The molecule has 0 atom stereocenters. The van der Waals surface area contributed by atoms with E-state index in [2.05, 4.69) is 18.8 Å². The predicted octanol–water partition coefficient (Wildman–Crippen LogP) is 3.00. The lowest BCUT2D eigenvalue weighted by molar-refractivity contribution is 0.154. The Morgan fingerprint density at radius 2 is 1.75 bits per heavy atom. The first-order valence-corrected chi connectivity index (χ1v) is 4.95. The van der Waals surface area contributed by atoms with Gasteiger partial charge in [-0.05, 0) is 13.3 Å². The summed E-state index contributed by atoms with van der Waals surface area (Å²) in [4.78, 5) is 0. The predicted molar refractivity (Wildman–Crippen MR) is 53.0 cm³/mol. The lowest BCUT2D eigenvalue weighted by Gasteiger charge is -1.93. The van der Waals surface area contributed by atoms with Gasteiger partial charge in [0.2, 0.25) is 0 Å². The van der Waals surface area contributed by atoms with Gasteiger partial charge in [-0.15, -0.1) is 11.8 Å². The van der Waals surface area contributed by atoms with Crippen molar-refractivity contribution in [3.8, 4) is 11.8 Å². The van der Waals surface area contributed by atoms with Crippen LogP contribution in [-0.4, -0.2) is 13.2 Å². The molecule has 0 saturated heterocycles. The molecule has 0 aliphatic rings. The molecule has 70 valence electrons. The molecule has 0 aromatic heterocycles. The van der Waals surface area contributed by atoms with Gasteiger partial charge in [-0.2, -0.15) is 0 Å². The molecule has 0 aromatic rings. The van der Waals surface area contributed by atoms with Gasteiger partial charge < -0.3 is 4.74 Å². The number of rotatable bonds is 6. The van der Waals surface area contributed by atoms with Crippen molar-refractivity contribution >= 4 is 0 Å². The average molecular weight is 168 g/mol. The molecule has 0 unspecified atom stereocenters. The first kappa shape index (κ1) is 11.5. The van der Waals surface area contributed by atoms with Crippen molar-refractivity contribution in [2.45, 2.75) is 46.0 Å². The van der Waals surface area contributed by atoms with E-state index in [1.165, 1.54) is 19.3 Å². The molecular weight excluding hydrogens is 148 g/mol. The van der Waals surface area contributed by atoms with E-state index < -0.39 is 0 Å². The van der Waals surface area contributed by atoms with Crippen LogP contribution in [0.1, 0.15) is 46.0 Å². The molecule has 0 aliphatic carbocycles. The molecule has 0 aromatic carbocycles. The van der Waals surface area contributed by atoms with E-state index in [0.29, 0.717) is 0 Å². The third-order valence-electron chi connectivity index (χ3n) is 1.61. The summed E-state index contributed by atoms with van der Waals surface area (Å²) < 4.78 is 5.16. The van der Waals surface area contributed by atoms with Gasteiger partial charge in [0.15, 0.2) is 0 Å². The Balaban J connectivity index is 3.01. The van der Waals surface area contributed by atoms with Gasteiger partial charge >= 0.3 is 0 Å². The molecule has 0 fully saturated rings. The zero-order chi connectivity index (χ0) is 9.07. The Labute approximate surface area is 76.5 Å². The molecular formula is C11H20O. The van der Waals surface area contributed by atoms with Gasteiger partial charge in [-0.25, -0.2) is 0 Å². The van der Waals surface area contributed by atoms with E-state index in [1.54, 1.807) is 0 Å². The maximum Gasteiger partial charge on any atom is 0.0575 e. The molecule has 1 nitrogen and oxygen atoms in total. The smallest absolute Gasteiger partial charge is 0.0575 e. The molecule has 0 rings (SSSR count). The van der Waals surface area contributed by atoms with E-state index in [0.717, 1.165) is 26.1 Å². The van der Waals surface area contributed by atoms with Crippen LogP contribution in [0.2, 0.25) is 0 Å². The molecule has 1 heteroatoms. The molecule has 0 N–H and O–H groups in total. The fourth-order valence-corrected chi connectivity index (χ4v) is 0.908. The minimum Gasteiger partial charge on any atom is -0.381 e. The Morgan fingerprint density at radius 1 is 1.00 bits per heavy atom. The van der Waals surface area contributed by atoms with Crippen LogP contribution in [0.25, 0.3) is 0 Å². The van der Waals surface area contributed by atoms with Gasteiger partial charge in [0.05, 0.1) is 6.61 Å². The zero-order valence-electron chi connectivity index (χ0n) is 8.36. The van der Waals surface area contributed by atoms with Crippen molar-refractivity contribution in [3.05, 3.63) is 0 Å². The Morgan fingerprint density at radius 3 is 2.42 bits per heavy atom. The standard InChI is InChI=1S/C11H20O/c1-3-5-6-7-8-9-10-11-12-4-2/h3-7,10-11H2,1-2H3. The first-order chi connectivity index (χ1) is 5.91. The van der Waals surface area contributed by atoms with Crippen molar-refractivity contribution in [3.63, 3.8) is 0 Å². The number of hydrogen-bond donors (Lipinski definition) is 0. The van der Waals surface area contributed by atoms with Gasteiger partial charge in [0.1, 0.15) is 0 Å². The van der Waals surface area contributed by atoms with Crippen LogP contribution in [0.15, 0.2) is 0 Å². The van der Waals surface area contributed by atoms with Gasteiger partial charge in [0, 0.05) is 19.4 Å². The van der Waals surface area contributed by atoms with Crippen LogP contribution in [0.4, 0.5) is 0 Å². The molecule has 0 saturated carbocycles. The Kier molecular flexibility index (Phi) is 10.1. The summed E-state index contributed by atoms with van der Waals surface area (Å²) in [5.41, 5.74) is 0. The monoisotopic (exact) mass is 168 g/mol. The van der Waals surface area contributed by atoms with E-state index in [9.17, 15) is 0 Å². The summed E-state index contributed by atoms with van der Waals surface area (Å²) >= 11 is 0. The largest absolute Gasteiger partial charge is 0.381 e. The van der Waals surface area contributed by atoms with Crippen molar-refractivity contribution in [1.29, 1.82) is 0 Å². The average Bonchev–Trinajstić information content (AvgIpc) is 2.10. The molecule has 0 bridgehead atoms. The molecule has 0 radical (unpaired) electrons. The van der Waals surface area contributed by atoms with E-state index in [1.807, 2.05) is 6.92 Å². The Bertz CT molecular complexity index is 116. The third kappa shape index (κ3) is 9.52. The van der Waals surface area contributed by atoms with Gasteiger partial charge in [-0.3, -0.25) is 0 Å². The van der Waals surface area contributed by atoms with E-state index in [4.69, 9.17) is 4.74 Å². The summed E-state index contributed by atoms with van der Waals surface area (Å²) in [5, 5.41) is 0. The SMILES string of the molecule is CCCCCC#CCCOCC. The maximum absolute atomic E-state index is 5.16. The highest BCUT2D eigenvalue weighted by molar-refractivity contribution is 4.98. The van der Waals surface area contributed by atoms with E-state index in [-0.39, 0.29) is 0 Å². The van der Waals surface area contributed by atoms with Crippen molar-refractivity contribution < 1.29 is 4.74 Å². The van der Waals surface area contributed by atoms with Crippen LogP contribution in [0.5, 0.6) is 0 Å². The van der Waals surface area contributed by atoms with Crippen LogP contribution in [0, 0.1) is 11.8 Å². The summed E-state index contributed by atoms with van der Waals surface area (Å²) in [6.07, 6.45) is 5.78. The fourth-order valence-electron chi connectivity index (χ4n) is 0.908. The van der Waals surface area contributed by atoms with Gasteiger partial charge in [-0.1, -0.05) is 19.8 Å². The van der Waals surface area contributed by atoms with Crippen LogP contribution >= 0.6 is 0 Å². The number of unbranched alkanes of at least 4 members (excludes halogenated alkanes) is 3. The zero-order valence-corrected chi connectivity index (χ0v) is 8.36. The second-order valence-electron chi connectivity index (χ2n) is 2.76. The van der Waals surface area contributed by atoms with Crippen molar-refractivity contribution in [2.75, 3.05) is 13.2 Å². The molecule has 0 heterocycles. The lowest BCUT2D eigenvalue weighted by atomic mass is 10.2. The second-order valence-corrected chi connectivity index (χ2v) is 2.76. The van der Waals surface area contributed by atoms with Gasteiger partial charge in [0.25, 0.3) is 0 Å². The van der Waals surface area contributed by atoms with Crippen LogP contribution in [-0.2, 0) is 4.74 Å². The molecule has 12 heavy (non-hydrogen) atoms. The Hall–Kier alpha value is -0.480. The summed E-state index contributed by atoms with van der Waals surface area (Å²) in [6.45, 7) is 5.81. The highest BCUT2D eigenvalue weighted by Gasteiger charge is 1.81. The second kappa shape index (κ2) is 10.5. The third-order valence-corrected chi connectivity index (χ3v) is 1.61. The minimum absolute atomic E-state index is 0.789. The summed E-state index contributed by atoms with van der Waals surface area (Å²) in [5.74, 6) is 6.25. The number of ether oxygens (including phenoxy) is 1. The summed E-state index contributed by atoms with van der Waals surface area (Å²) in [6, 6.07) is 0. The molecule has 0 amide bonds. The highest BCUT2D eigenvalue weighted by Crippen LogP contribution is 1.96. The first-order valence-electron chi connectivity index (χ1n) is 4.95. The minimum atomic E-state index is 0.789. The normalized spacial score (nSPS) is 9.17. The van der Waals surface area contributed by atoms with Crippen LogP contribution < -0.4 is 0 Å².